The zero-order chi connectivity index (χ0) is 31.7. The van der Waals surface area contributed by atoms with Crippen LogP contribution in [0, 0.1) is 24.0 Å². The van der Waals surface area contributed by atoms with Crippen molar-refractivity contribution in [1.82, 2.24) is 20.2 Å². The molecule has 1 aromatic heterocycles. The van der Waals surface area contributed by atoms with Gasteiger partial charge < -0.3 is 25.8 Å². The standard InChI is InChI=1S/C35H33F3N6O2/c1-2-25-28(37)7-4-19-10-22(39)12-26(29(19)25)30-20(17-45)11-27-32(31(30)38)41-34(42-33(27)43-15-23-5-6-24(16-43)40-23)46-18-35-8-3-9-44(35)14-21(36)13-35/h1,4-7,10-12,21,23-24,40,45H,3,8-9,13-18,39H2. The van der Waals surface area contributed by atoms with E-state index < -0.39 is 30.0 Å². The van der Waals surface area contributed by atoms with Crippen LogP contribution in [0.2, 0.25) is 0 Å². The Kier molecular flexibility index (Phi) is 6.86. The quantitative estimate of drug-likeness (QED) is 0.164. The number of alkyl halides is 1. The molecule has 3 fully saturated rings. The Morgan fingerprint density at radius 3 is 2.70 bits per heavy atom. The summed E-state index contributed by atoms with van der Waals surface area (Å²) in [5.41, 5.74) is 6.59. The number of fused-ring (bicyclic) bond motifs is 5. The van der Waals surface area contributed by atoms with E-state index in [1.54, 1.807) is 18.2 Å². The van der Waals surface area contributed by atoms with Crippen LogP contribution in [0.4, 0.5) is 24.7 Å². The third-order valence-corrected chi connectivity index (χ3v) is 10.0. The number of halogens is 3. The predicted molar refractivity (Wildman–Crippen MR) is 171 cm³/mol. The number of benzene rings is 3. The van der Waals surface area contributed by atoms with E-state index >= 15 is 4.39 Å². The van der Waals surface area contributed by atoms with E-state index in [0.717, 1.165) is 19.4 Å². The number of nitrogens with two attached hydrogens (primary N) is 1. The van der Waals surface area contributed by atoms with Gasteiger partial charge in [0.1, 0.15) is 29.9 Å². The number of hydrogen-bond donors (Lipinski definition) is 3. The first kappa shape index (κ1) is 29.1. The van der Waals surface area contributed by atoms with Gasteiger partial charge in [0.25, 0.3) is 0 Å². The largest absolute Gasteiger partial charge is 0.461 e. The van der Waals surface area contributed by atoms with Gasteiger partial charge in [-0.3, -0.25) is 4.90 Å². The van der Waals surface area contributed by atoms with Crippen LogP contribution in [0.15, 0.2) is 42.5 Å². The molecule has 4 N–H and O–H groups in total. The number of aromatic nitrogens is 2. The predicted octanol–water partition coefficient (Wildman–Crippen LogP) is 4.46. The van der Waals surface area contributed by atoms with Gasteiger partial charge >= 0.3 is 6.01 Å². The van der Waals surface area contributed by atoms with Crippen molar-refractivity contribution in [2.45, 2.75) is 49.7 Å². The molecule has 11 heteroatoms. The minimum Gasteiger partial charge on any atom is -0.461 e. The number of rotatable bonds is 6. The van der Waals surface area contributed by atoms with E-state index in [-0.39, 0.29) is 52.5 Å². The second-order valence-electron chi connectivity index (χ2n) is 12.9. The van der Waals surface area contributed by atoms with Gasteiger partial charge in [0.2, 0.25) is 0 Å². The summed E-state index contributed by atoms with van der Waals surface area (Å²) in [6, 6.07) is 7.82. The fourth-order valence-electron chi connectivity index (χ4n) is 8.02. The summed E-state index contributed by atoms with van der Waals surface area (Å²) in [5.74, 6) is 1.51. The molecule has 46 heavy (non-hydrogen) atoms. The summed E-state index contributed by atoms with van der Waals surface area (Å²) in [6.07, 6.45) is 11.1. The van der Waals surface area contributed by atoms with Gasteiger partial charge in [0, 0.05) is 60.2 Å². The van der Waals surface area contributed by atoms with Gasteiger partial charge in [0.15, 0.2) is 5.82 Å². The first-order valence-electron chi connectivity index (χ1n) is 15.6. The molecule has 4 atom stereocenters. The van der Waals surface area contributed by atoms with Crippen molar-refractivity contribution in [2.24, 2.45) is 0 Å². The summed E-state index contributed by atoms with van der Waals surface area (Å²) < 4.78 is 52.9. The van der Waals surface area contributed by atoms with E-state index in [9.17, 15) is 13.9 Å². The highest BCUT2D eigenvalue weighted by molar-refractivity contribution is 6.05. The maximum atomic E-state index is 17.2. The molecule has 8 rings (SSSR count). The number of hydrogen-bond acceptors (Lipinski definition) is 8. The van der Waals surface area contributed by atoms with E-state index in [4.69, 9.17) is 21.9 Å². The number of terminal acetylenes is 1. The van der Waals surface area contributed by atoms with Crippen molar-refractivity contribution in [2.75, 3.05) is 43.4 Å². The Bertz CT molecular complexity index is 1960. The zero-order valence-corrected chi connectivity index (χ0v) is 25.1. The Labute approximate surface area is 264 Å². The average molecular weight is 627 g/mol. The van der Waals surface area contributed by atoms with E-state index in [0.29, 0.717) is 53.7 Å². The lowest BCUT2D eigenvalue weighted by atomic mass is 9.90. The van der Waals surface area contributed by atoms with Crippen molar-refractivity contribution in [3.8, 4) is 29.5 Å². The number of ether oxygens (including phenoxy) is 1. The lowest BCUT2D eigenvalue weighted by molar-refractivity contribution is 0.107. The maximum absolute atomic E-state index is 17.2. The van der Waals surface area contributed by atoms with Crippen molar-refractivity contribution >= 4 is 33.2 Å². The van der Waals surface area contributed by atoms with Crippen molar-refractivity contribution in [3.63, 3.8) is 0 Å². The first-order chi connectivity index (χ1) is 22.3. The summed E-state index contributed by atoms with van der Waals surface area (Å²) in [6.45, 7) is 2.01. The minimum absolute atomic E-state index is 0.0146. The Morgan fingerprint density at radius 1 is 1.13 bits per heavy atom. The lowest BCUT2D eigenvalue weighted by Gasteiger charge is -2.35. The molecule has 0 amide bonds. The summed E-state index contributed by atoms with van der Waals surface area (Å²) in [5, 5.41) is 15.4. The van der Waals surface area contributed by atoms with Gasteiger partial charge in [-0.15, -0.1) is 6.42 Å². The Morgan fingerprint density at radius 2 is 1.93 bits per heavy atom. The molecule has 0 radical (unpaired) electrons. The van der Waals surface area contributed by atoms with Crippen LogP contribution in [0.5, 0.6) is 6.01 Å². The first-order valence-corrected chi connectivity index (χ1v) is 15.6. The number of nitrogens with zero attached hydrogens (tertiary/aromatic N) is 4. The topological polar surface area (TPSA) is 99.8 Å². The molecule has 236 valence electrons. The summed E-state index contributed by atoms with van der Waals surface area (Å²) in [7, 11) is 0. The number of aliphatic hydroxyl groups excluding tert-OH is 1. The van der Waals surface area contributed by atoms with Crippen LogP contribution in [-0.2, 0) is 6.61 Å². The van der Waals surface area contributed by atoms with Crippen LogP contribution in [0.1, 0.15) is 30.4 Å². The second-order valence-corrected chi connectivity index (χ2v) is 12.9. The molecule has 4 unspecified atom stereocenters. The highest BCUT2D eigenvalue weighted by Crippen LogP contribution is 2.43. The van der Waals surface area contributed by atoms with E-state index in [1.165, 1.54) is 12.1 Å². The average Bonchev–Trinajstić information content (AvgIpc) is 3.69. The second kappa shape index (κ2) is 10.9. The molecule has 0 saturated carbocycles. The molecule has 4 aromatic rings. The highest BCUT2D eigenvalue weighted by atomic mass is 19.1. The fourth-order valence-corrected chi connectivity index (χ4v) is 8.02. The van der Waals surface area contributed by atoms with Crippen LogP contribution in [0.3, 0.4) is 0 Å². The van der Waals surface area contributed by atoms with Crippen molar-refractivity contribution < 1.29 is 23.0 Å². The van der Waals surface area contributed by atoms with Crippen molar-refractivity contribution in [1.29, 1.82) is 0 Å². The van der Waals surface area contributed by atoms with Crippen LogP contribution >= 0.6 is 0 Å². The third-order valence-electron chi connectivity index (χ3n) is 10.0. The lowest BCUT2D eigenvalue weighted by Crippen LogP contribution is -2.52. The molecule has 3 aromatic carbocycles. The summed E-state index contributed by atoms with van der Waals surface area (Å²) in [4.78, 5) is 13.6. The number of anilines is 2. The van der Waals surface area contributed by atoms with Crippen molar-refractivity contribution in [3.05, 3.63) is 65.2 Å². The molecule has 2 bridgehead atoms. The van der Waals surface area contributed by atoms with Gasteiger partial charge in [-0.05, 0) is 60.2 Å². The van der Waals surface area contributed by atoms with E-state index in [1.807, 2.05) is 0 Å². The van der Waals surface area contributed by atoms with Crippen LogP contribution < -0.4 is 20.7 Å². The minimum atomic E-state index is -0.927. The monoisotopic (exact) mass is 626 g/mol. The summed E-state index contributed by atoms with van der Waals surface area (Å²) >= 11 is 0. The van der Waals surface area contributed by atoms with Crippen LogP contribution in [0.25, 0.3) is 32.8 Å². The molecule has 0 spiro atoms. The van der Waals surface area contributed by atoms with Gasteiger partial charge in [-0.2, -0.15) is 9.97 Å². The fraction of sp³-hybridized carbons (Fsp3) is 0.371. The van der Waals surface area contributed by atoms with Crippen LogP contribution in [-0.4, -0.2) is 76.6 Å². The van der Waals surface area contributed by atoms with E-state index in [2.05, 4.69) is 38.2 Å². The normalized spacial score (nSPS) is 25.5. The molecule has 4 aliphatic rings. The molecule has 5 heterocycles. The Hall–Kier alpha value is -4.37. The highest BCUT2D eigenvalue weighted by Gasteiger charge is 2.49. The molecule has 0 aliphatic carbocycles. The molecular formula is C35H33F3N6O2. The van der Waals surface area contributed by atoms with Gasteiger partial charge in [-0.25, -0.2) is 13.2 Å². The zero-order valence-electron chi connectivity index (χ0n) is 25.1. The number of aliphatic hydroxyl groups is 1. The smallest absolute Gasteiger partial charge is 0.319 e. The van der Waals surface area contributed by atoms with Gasteiger partial charge in [0.05, 0.1) is 17.7 Å². The number of piperazine rings is 1. The maximum Gasteiger partial charge on any atom is 0.319 e. The molecular weight excluding hydrogens is 593 g/mol. The third kappa shape index (κ3) is 4.58. The number of nitrogen functional groups attached to an aromatic ring is 1. The Balaban J connectivity index is 1.32. The SMILES string of the molecule is C#Cc1c(F)ccc2cc(N)cc(-c3c(CO)cc4c(N5CC6C=CC(C5)N6)nc(OCC56CCCN5CC(F)C6)nc4c3F)c12. The molecule has 3 saturated heterocycles. The molecule has 4 aliphatic heterocycles. The number of nitrogens with one attached hydrogen (secondary N) is 1. The van der Waals surface area contributed by atoms with Gasteiger partial charge in [-0.1, -0.05) is 24.1 Å². The molecule has 8 nitrogen and oxygen atoms in total.